The van der Waals surface area contributed by atoms with Crippen LogP contribution < -0.4 is 5.32 Å². The van der Waals surface area contributed by atoms with Gasteiger partial charge in [0.25, 0.3) is 0 Å². The second-order valence-corrected chi connectivity index (χ2v) is 6.78. The highest BCUT2D eigenvalue weighted by Crippen LogP contribution is 2.24. The monoisotopic (exact) mass is 354 g/mol. The normalized spacial score (nSPS) is 19.1. The summed E-state index contributed by atoms with van der Waals surface area (Å²) < 4.78 is 5.15. The molecule has 26 heavy (non-hydrogen) atoms. The van der Waals surface area contributed by atoms with E-state index in [0.29, 0.717) is 13.2 Å². The average Bonchev–Trinajstić information content (AvgIpc) is 2.68. The number of benzene rings is 2. The first-order valence-electron chi connectivity index (χ1n) is 9.29. The molecular formula is C21H26N2O3. The van der Waals surface area contributed by atoms with Crippen LogP contribution in [0.5, 0.6) is 0 Å². The van der Waals surface area contributed by atoms with Crippen LogP contribution in [-0.4, -0.2) is 42.5 Å². The first-order chi connectivity index (χ1) is 12.6. The van der Waals surface area contributed by atoms with Gasteiger partial charge < -0.3 is 10.1 Å². The number of hydrogen-bond acceptors (Lipinski definition) is 4. The highest BCUT2D eigenvalue weighted by atomic mass is 16.5. The molecule has 1 aliphatic rings. The molecule has 2 aromatic rings. The van der Waals surface area contributed by atoms with Crippen molar-refractivity contribution in [2.75, 3.05) is 25.0 Å². The molecule has 3 rings (SSSR count). The quantitative estimate of drug-likeness (QED) is 0.836. The summed E-state index contributed by atoms with van der Waals surface area (Å²) in [6.45, 7) is 5.50. The Labute approximate surface area is 154 Å². The number of nitrogens with one attached hydrogen (secondary N) is 1. The summed E-state index contributed by atoms with van der Waals surface area (Å²) in [7, 11) is 0. The Kier molecular flexibility index (Phi) is 5.89. The zero-order chi connectivity index (χ0) is 18.5. The van der Waals surface area contributed by atoms with E-state index < -0.39 is 0 Å². The van der Waals surface area contributed by atoms with Gasteiger partial charge >= 0.3 is 5.97 Å². The highest BCUT2D eigenvalue weighted by molar-refractivity contribution is 6.03. The number of likely N-dealkylation sites (tertiary alicyclic amines) is 1. The van der Waals surface area contributed by atoms with Crippen LogP contribution >= 0.6 is 0 Å². The summed E-state index contributed by atoms with van der Waals surface area (Å²) in [5.41, 5.74) is 0.818. The number of ether oxygens (including phenoxy) is 1. The van der Waals surface area contributed by atoms with Gasteiger partial charge in [0, 0.05) is 17.6 Å². The van der Waals surface area contributed by atoms with Crippen molar-refractivity contribution in [1.82, 2.24) is 4.90 Å². The van der Waals surface area contributed by atoms with Gasteiger partial charge in [-0.1, -0.05) is 36.4 Å². The van der Waals surface area contributed by atoms with Crippen molar-refractivity contribution in [3.8, 4) is 0 Å². The second-order valence-electron chi connectivity index (χ2n) is 6.78. The number of carbonyl (C=O) groups excluding carboxylic acids is 2. The molecule has 0 aromatic heterocycles. The maximum atomic E-state index is 12.8. The van der Waals surface area contributed by atoms with Crippen molar-refractivity contribution in [3.63, 3.8) is 0 Å². The van der Waals surface area contributed by atoms with Gasteiger partial charge in [0.2, 0.25) is 5.91 Å². The Bertz CT molecular complexity index is 784. The van der Waals surface area contributed by atoms with Crippen LogP contribution in [-0.2, 0) is 14.3 Å². The van der Waals surface area contributed by atoms with E-state index in [1.165, 1.54) is 0 Å². The number of amides is 1. The van der Waals surface area contributed by atoms with E-state index in [4.69, 9.17) is 4.74 Å². The average molecular weight is 354 g/mol. The third-order valence-electron chi connectivity index (χ3n) is 5.05. The molecule has 2 atom stereocenters. The third kappa shape index (κ3) is 4.05. The number of rotatable bonds is 5. The molecule has 0 aliphatic carbocycles. The molecule has 0 saturated carbocycles. The van der Waals surface area contributed by atoms with Crippen LogP contribution in [0.25, 0.3) is 10.8 Å². The van der Waals surface area contributed by atoms with Crippen molar-refractivity contribution in [3.05, 3.63) is 42.5 Å². The molecule has 1 amide bonds. The standard InChI is InChI=1S/C21H26N2O3/c1-3-26-21(25)17-10-7-13-23(14-17)15(2)20(24)22-19-12-6-9-16-8-4-5-11-18(16)19/h4-6,8-9,11-12,15,17H,3,7,10,13-14H2,1-2H3,(H,22,24)/t15-,17+/m0/s1. The topological polar surface area (TPSA) is 58.6 Å². The Balaban J connectivity index is 1.68. The lowest BCUT2D eigenvalue weighted by molar-refractivity contribution is -0.150. The van der Waals surface area contributed by atoms with Crippen molar-refractivity contribution in [1.29, 1.82) is 0 Å². The Morgan fingerprint density at radius 3 is 2.81 bits per heavy atom. The molecular weight excluding hydrogens is 328 g/mol. The SMILES string of the molecule is CCOC(=O)[C@@H]1CCCN([C@@H](C)C(=O)Nc2cccc3ccccc23)C1. The molecule has 1 saturated heterocycles. The lowest BCUT2D eigenvalue weighted by atomic mass is 9.97. The van der Waals surface area contributed by atoms with Crippen LogP contribution in [0.4, 0.5) is 5.69 Å². The number of piperidine rings is 1. The summed E-state index contributed by atoms with van der Waals surface area (Å²) in [5, 5.41) is 5.18. The fraction of sp³-hybridized carbons (Fsp3) is 0.429. The van der Waals surface area contributed by atoms with Gasteiger partial charge in [0.05, 0.1) is 18.6 Å². The van der Waals surface area contributed by atoms with E-state index in [9.17, 15) is 9.59 Å². The fourth-order valence-electron chi connectivity index (χ4n) is 3.55. The molecule has 0 radical (unpaired) electrons. The smallest absolute Gasteiger partial charge is 0.310 e. The summed E-state index contributed by atoms with van der Waals surface area (Å²) >= 11 is 0. The molecule has 0 bridgehead atoms. The van der Waals surface area contributed by atoms with Crippen molar-refractivity contribution < 1.29 is 14.3 Å². The summed E-state index contributed by atoms with van der Waals surface area (Å²) in [5.74, 6) is -0.346. The van der Waals surface area contributed by atoms with Gasteiger partial charge in [0.15, 0.2) is 0 Å². The Hall–Kier alpha value is -2.40. The molecule has 1 N–H and O–H groups in total. The lowest BCUT2D eigenvalue weighted by Gasteiger charge is -2.35. The predicted molar refractivity (Wildman–Crippen MR) is 103 cm³/mol. The van der Waals surface area contributed by atoms with Crippen molar-refractivity contribution in [2.24, 2.45) is 5.92 Å². The molecule has 5 heteroatoms. The van der Waals surface area contributed by atoms with Gasteiger partial charge in [-0.25, -0.2) is 0 Å². The molecule has 2 aromatic carbocycles. The van der Waals surface area contributed by atoms with Gasteiger partial charge in [-0.05, 0) is 44.7 Å². The fourth-order valence-corrected chi connectivity index (χ4v) is 3.55. The largest absolute Gasteiger partial charge is 0.466 e. The number of hydrogen-bond donors (Lipinski definition) is 1. The molecule has 1 heterocycles. The highest BCUT2D eigenvalue weighted by Gasteiger charge is 2.31. The third-order valence-corrected chi connectivity index (χ3v) is 5.05. The maximum absolute atomic E-state index is 12.8. The summed E-state index contributed by atoms with van der Waals surface area (Å²) in [6.07, 6.45) is 1.72. The predicted octanol–water partition coefficient (Wildman–Crippen LogP) is 3.44. The molecule has 1 aliphatic heterocycles. The van der Waals surface area contributed by atoms with E-state index >= 15 is 0 Å². The van der Waals surface area contributed by atoms with Crippen molar-refractivity contribution >= 4 is 28.3 Å². The zero-order valence-electron chi connectivity index (χ0n) is 15.4. The first kappa shape index (κ1) is 18.4. The maximum Gasteiger partial charge on any atom is 0.310 e. The van der Waals surface area contributed by atoms with E-state index in [2.05, 4.69) is 10.2 Å². The van der Waals surface area contributed by atoms with Crippen LogP contribution in [0, 0.1) is 5.92 Å². The van der Waals surface area contributed by atoms with E-state index in [1.807, 2.05) is 56.3 Å². The van der Waals surface area contributed by atoms with Crippen LogP contribution in [0.15, 0.2) is 42.5 Å². The minimum absolute atomic E-state index is 0.0501. The lowest BCUT2D eigenvalue weighted by Crippen LogP contribution is -2.48. The second kappa shape index (κ2) is 8.32. The zero-order valence-corrected chi connectivity index (χ0v) is 15.4. The minimum atomic E-state index is -0.300. The van der Waals surface area contributed by atoms with Crippen LogP contribution in [0.2, 0.25) is 0 Å². The van der Waals surface area contributed by atoms with Crippen LogP contribution in [0.1, 0.15) is 26.7 Å². The number of fused-ring (bicyclic) bond motifs is 1. The number of esters is 1. The molecule has 1 fully saturated rings. The minimum Gasteiger partial charge on any atom is -0.466 e. The first-order valence-corrected chi connectivity index (χ1v) is 9.29. The van der Waals surface area contributed by atoms with Crippen molar-refractivity contribution in [2.45, 2.75) is 32.7 Å². The number of anilines is 1. The summed E-state index contributed by atoms with van der Waals surface area (Å²) in [6, 6.07) is 13.6. The Morgan fingerprint density at radius 1 is 1.23 bits per heavy atom. The molecule has 0 unspecified atom stereocenters. The van der Waals surface area contributed by atoms with Crippen LogP contribution in [0.3, 0.4) is 0 Å². The van der Waals surface area contributed by atoms with E-state index in [-0.39, 0.29) is 23.8 Å². The molecule has 5 nitrogen and oxygen atoms in total. The number of carbonyl (C=O) groups is 2. The molecule has 138 valence electrons. The Morgan fingerprint density at radius 2 is 2.00 bits per heavy atom. The van der Waals surface area contributed by atoms with Gasteiger partial charge in [-0.3, -0.25) is 14.5 Å². The summed E-state index contributed by atoms with van der Waals surface area (Å²) in [4.78, 5) is 26.9. The van der Waals surface area contributed by atoms with Gasteiger partial charge in [-0.2, -0.15) is 0 Å². The van der Waals surface area contributed by atoms with Gasteiger partial charge in [-0.15, -0.1) is 0 Å². The van der Waals surface area contributed by atoms with Gasteiger partial charge in [0.1, 0.15) is 0 Å². The number of nitrogens with zero attached hydrogens (tertiary/aromatic N) is 1. The molecule has 0 spiro atoms. The van der Waals surface area contributed by atoms with E-state index in [0.717, 1.165) is 35.8 Å². The van der Waals surface area contributed by atoms with E-state index in [1.54, 1.807) is 0 Å².